The lowest BCUT2D eigenvalue weighted by atomic mass is 9.94. The first-order valence-electron chi connectivity index (χ1n) is 24.1. The van der Waals surface area contributed by atoms with E-state index in [0.717, 1.165) is 105 Å². The fourth-order valence-corrected chi connectivity index (χ4v) is 10.4. The van der Waals surface area contributed by atoms with Crippen molar-refractivity contribution in [2.24, 2.45) is 0 Å². The fraction of sp³-hybridized carbons (Fsp3) is 0. The van der Waals surface area contributed by atoms with Gasteiger partial charge in [0.05, 0.1) is 57.6 Å². The molecule has 0 aliphatic rings. The molecule has 342 valence electrons. The van der Waals surface area contributed by atoms with E-state index in [9.17, 15) is 10.5 Å². The molecule has 0 aliphatic heterocycles. The number of benzene rings is 10. The van der Waals surface area contributed by atoms with Crippen molar-refractivity contribution >= 4 is 49.3 Å². The minimum Gasteiger partial charge on any atom is -0.309 e. The summed E-state index contributed by atoms with van der Waals surface area (Å²) in [6.45, 7) is 7.67. The second kappa shape index (κ2) is 17.9. The second-order valence-electron chi connectivity index (χ2n) is 18.1. The minimum absolute atomic E-state index is 0.479. The van der Waals surface area contributed by atoms with E-state index in [1.54, 1.807) is 0 Å². The summed E-state index contributed by atoms with van der Waals surface area (Å²) in [5.74, 6) is 1.55. The standard InChI is InChI=1S/C66H38N8/c1-69-50-21-13-20-47(36-50)49-27-32-61-57(38-49)52-22-8-10-24-59(52)73(61)51-29-30-54(66-71-64(44-15-4-2-5-16-44)70-65(72-66)45-17-6-3-7-18-45)55(39-51)56-35-43(41-68)26-31-62(56)74-60-25-11-9-23-53(60)58-37-48(28-33-63(58)74)46-19-12-14-42(34-46)40-67/h2-39H. The first-order valence-corrected chi connectivity index (χ1v) is 24.1. The van der Waals surface area contributed by atoms with Crippen LogP contribution in [-0.4, -0.2) is 24.1 Å². The number of hydrogen-bond donors (Lipinski definition) is 0. The Bertz CT molecular complexity index is 4470. The highest BCUT2D eigenvalue weighted by Crippen LogP contribution is 2.44. The SMILES string of the molecule is [C-]#[N+]c1cccc(-c2ccc3c(c2)c2ccccc2n3-c2ccc(-c3nc(-c4ccccc4)nc(-c4ccccc4)n3)c(-c3cc(C#N)ccc3-n3c4ccccc4c4cc(-c5cccc(C#N)c5)ccc43)c2)c1. The Kier molecular flexibility index (Phi) is 10.5. The molecule has 3 heterocycles. The molecular weight excluding hydrogens is 905 g/mol. The summed E-state index contributed by atoms with van der Waals surface area (Å²) >= 11 is 0. The second-order valence-corrected chi connectivity index (χ2v) is 18.1. The van der Waals surface area contributed by atoms with Crippen molar-refractivity contribution in [1.82, 2.24) is 24.1 Å². The molecule has 13 rings (SSSR count). The van der Waals surface area contributed by atoms with Gasteiger partial charge in [-0.3, -0.25) is 0 Å². The third-order valence-electron chi connectivity index (χ3n) is 13.8. The number of nitrogens with zero attached hydrogens (tertiary/aromatic N) is 8. The maximum Gasteiger partial charge on any atom is 0.187 e. The molecule has 3 aromatic heterocycles. The summed E-state index contributed by atoms with van der Waals surface area (Å²) in [6, 6.07) is 82.3. The quantitative estimate of drug-likeness (QED) is 0.141. The van der Waals surface area contributed by atoms with Crippen molar-refractivity contribution in [1.29, 1.82) is 10.5 Å². The van der Waals surface area contributed by atoms with Crippen LogP contribution in [0.3, 0.4) is 0 Å². The number of nitriles is 2. The summed E-state index contributed by atoms with van der Waals surface area (Å²) < 4.78 is 4.59. The van der Waals surface area contributed by atoms with E-state index in [1.807, 2.05) is 127 Å². The Morgan fingerprint density at radius 2 is 0.865 bits per heavy atom. The van der Waals surface area contributed by atoms with Crippen LogP contribution in [0.25, 0.3) is 127 Å². The molecule has 8 heteroatoms. The van der Waals surface area contributed by atoms with E-state index in [2.05, 4.69) is 129 Å². The molecule has 0 fully saturated rings. The molecule has 10 aromatic carbocycles. The molecule has 0 saturated heterocycles. The molecule has 0 unspecified atom stereocenters. The third-order valence-corrected chi connectivity index (χ3v) is 13.8. The van der Waals surface area contributed by atoms with Crippen molar-refractivity contribution < 1.29 is 0 Å². The average Bonchev–Trinajstić information content (AvgIpc) is 4.01. The summed E-state index contributed by atoms with van der Waals surface area (Å²) in [4.78, 5) is 19.3. The lowest BCUT2D eigenvalue weighted by molar-refractivity contribution is 1.07. The number of aromatic nitrogens is 5. The fourth-order valence-electron chi connectivity index (χ4n) is 10.4. The molecular formula is C66H38N8. The van der Waals surface area contributed by atoms with E-state index < -0.39 is 0 Å². The Labute approximate surface area is 426 Å². The van der Waals surface area contributed by atoms with Crippen LogP contribution in [0.5, 0.6) is 0 Å². The van der Waals surface area contributed by atoms with Gasteiger partial charge in [-0.15, -0.1) is 0 Å². The van der Waals surface area contributed by atoms with Gasteiger partial charge >= 0.3 is 0 Å². The van der Waals surface area contributed by atoms with Crippen LogP contribution in [0.1, 0.15) is 11.1 Å². The van der Waals surface area contributed by atoms with Gasteiger partial charge in [-0.25, -0.2) is 19.8 Å². The van der Waals surface area contributed by atoms with E-state index in [4.69, 9.17) is 21.5 Å². The van der Waals surface area contributed by atoms with Gasteiger partial charge in [0.25, 0.3) is 0 Å². The van der Waals surface area contributed by atoms with Crippen LogP contribution in [-0.2, 0) is 0 Å². The topological polar surface area (TPSA) is 100 Å². The van der Waals surface area contributed by atoms with Gasteiger partial charge < -0.3 is 9.13 Å². The lowest BCUT2D eigenvalue weighted by Gasteiger charge is -2.19. The number of rotatable bonds is 8. The van der Waals surface area contributed by atoms with Crippen molar-refractivity contribution in [2.45, 2.75) is 0 Å². The van der Waals surface area contributed by atoms with Crippen molar-refractivity contribution in [3.63, 3.8) is 0 Å². The highest BCUT2D eigenvalue weighted by atomic mass is 15.0. The predicted octanol–water partition coefficient (Wildman–Crippen LogP) is 16.4. The van der Waals surface area contributed by atoms with Gasteiger partial charge in [0.15, 0.2) is 23.2 Å². The monoisotopic (exact) mass is 942 g/mol. The molecule has 0 saturated carbocycles. The lowest BCUT2D eigenvalue weighted by Crippen LogP contribution is -2.04. The molecule has 0 atom stereocenters. The van der Waals surface area contributed by atoms with Gasteiger partial charge in [-0.2, -0.15) is 10.5 Å². The van der Waals surface area contributed by atoms with Crippen molar-refractivity contribution in [3.05, 3.63) is 253 Å². The summed E-state index contributed by atoms with van der Waals surface area (Å²) in [5, 5.41) is 24.8. The van der Waals surface area contributed by atoms with Gasteiger partial charge in [0, 0.05) is 49.5 Å². The first-order chi connectivity index (χ1) is 36.5. The zero-order chi connectivity index (χ0) is 49.7. The maximum atomic E-state index is 10.7. The highest BCUT2D eigenvalue weighted by molar-refractivity contribution is 6.12. The zero-order valence-electron chi connectivity index (χ0n) is 39.5. The smallest absolute Gasteiger partial charge is 0.187 e. The van der Waals surface area contributed by atoms with Crippen molar-refractivity contribution in [3.8, 4) is 91.1 Å². The number of hydrogen-bond acceptors (Lipinski definition) is 5. The minimum atomic E-state index is 0.479. The summed E-state index contributed by atoms with van der Waals surface area (Å²) in [5.41, 5.74) is 15.5. The van der Waals surface area contributed by atoms with Crippen molar-refractivity contribution in [2.75, 3.05) is 0 Å². The summed E-state index contributed by atoms with van der Waals surface area (Å²) in [7, 11) is 0. The predicted molar refractivity (Wildman–Crippen MR) is 297 cm³/mol. The van der Waals surface area contributed by atoms with Crippen LogP contribution < -0.4 is 0 Å². The Balaban J connectivity index is 1.10. The molecule has 0 aliphatic carbocycles. The Hall–Kier alpha value is -10.7. The van der Waals surface area contributed by atoms with Crippen LogP contribution >= 0.6 is 0 Å². The molecule has 0 radical (unpaired) electrons. The third kappa shape index (κ3) is 7.42. The van der Waals surface area contributed by atoms with Gasteiger partial charge in [0.2, 0.25) is 0 Å². The molecule has 13 aromatic rings. The first kappa shape index (κ1) is 43.3. The van der Waals surface area contributed by atoms with Crippen LogP contribution in [0.4, 0.5) is 5.69 Å². The Morgan fingerprint density at radius 3 is 1.50 bits per heavy atom. The van der Waals surface area contributed by atoms with E-state index in [1.165, 1.54) is 0 Å². The van der Waals surface area contributed by atoms with E-state index in [-0.39, 0.29) is 0 Å². The maximum absolute atomic E-state index is 10.7. The molecule has 74 heavy (non-hydrogen) atoms. The zero-order valence-corrected chi connectivity index (χ0v) is 39.5. The van der Waals surface area contributed by atoms with Gasteiger partial charge in [-0.05, 0) is 119 Å². The van der Waals surface area contributed by atoms with E-state index in [0.29, 0.717) is 34.3 Å². The van der Waals surface area contributed by atoms with Crippen LogP contribution in [0.2, 0.25) is 0 Å². The molecule has 0 amide bonds. The summed E-state index contributed by atoms with van der Waals surface area (Å²) in [6.07, 6.45) is 0. The normalized spacial score (nSPS) is 11.2. The number of para-hydroxylation sites is 2. The Morgan fingerprint density at radius 1 is 0.351 bits per heavy atom. The molecule has 0 bridgehead atoms. The number of fused-ring (bicyclic) bond motifs is 6. The molecule has 0 spiro atoms. The van der Waals surface area contributed by atoms with Gasteiger partial charge in [-0.1, -0.05) is 140 Å². The highest BCUT2D eigenvalue weighted by Gasteiger charge is 2.23. The van der Waals surface area contributed by atoms with E-state index >= 15 is 0 Å². The average molecular weight is 943 g/mol. The van der Waals surface area contributed by atoms with Gasteiger partial charge in [0.1, 0.15) is 0 Å². The van der Waals surface area contributed by atoms with Crippen LogP contribution in [0.15, 0.2) is 231 Å². The van der Waals surface area contributed by atoms with Crippen LogP contribution in [0, 0.1) is 29.2 Å². The largest absolute Gasteiger partial charge is 0.309 e. The molecule has 0 N–H and O–H groups in total. The molecule has 8 nitrogen and oxygen atoms in total.